The van der Waals surface area contributed by atoms with Gasteiger partial charge in [-0.25, -0.2) is 4.79 Å². The second kappa shape index (κ2) is 7.49. The zero-order valence-electron chi connectivity index (χ0n) is 8.23. The van der Waals surface area contributed by atoms with Crippen LogP contribution in [0.3, 0.4) is 0 Å². The van der Waals surface area contributed by atoms with Gasteiger partial charge >= 0.3 is 5.97 Å². The van der Waals surface area contributed by atoms with Gasteiger partial charge < -0.3 is 19.7 Å². The van der Waals surface area contributed by atoms with Crippen LogP contribution in [-0.4, -0.2) is 42.8 Å². The molecular formula is C9H16O5. The van der Waals surface area contributed by atoms with Crippen molar-refractivity contribution in [2.45, 2.75) is 19.1 Å². The summed E-state index contributed by atoms with van der Waals surface area (Å²) in [6.45, 7) is 3.98. The molecule has 0 spiro atoms. The highest BCUT2D eigenvalue weighted by molar-refractivity contribution is 5.87. The molecular weight excluding hydrogens is 188 g/mol. The van der Waals surface area contributed by atoms with Crippen LogP contribution in [0.1, 0.15) is 12.8 Å². The van der Waals surface area contributed by atoms with Gasteiger partial charge in [0.2, 0.25) is 0 Å². The predicted molar refractivity (Wildman–Crippen MR) is 49.4 cm³/mol. The average Bonchev–Trinajstić information content (AvgIpc) is 2.14. The molecule has 0 aromatic heterocycles. The molecule has 0 aromatic rings. The predicted octanol–water partition coefficient (Wildman–Crippen LogP) is -0.177. The van der Waals surface area contributed by atoms with E-state index in [-0.39, 0.29) is 25.0 Å². The molecule has 0 aliphatic heterocycles. The molecule has 0 aromatic carbocycles. The molecule has 0 amide bonds. The molecule has 14 heavy (non-hydrogen) atoms. The molecule has 0 saturated carbocycles. The van der Waals surface area contributed by atoms with Crippen LogP contribution < -0.4 is 0 Å². The number of rotatable bonds is 7. The van der Waals surface area contributed by atoms with Gasteiger partial charge in [0.05, 0.1) is 6.61 Å². The minimum Gasteiger partial charge on any atom is -0.460 e. The first-order chi connectivity index (χ1) is 6.57. The summed E-state index contributed by atoms with van der Waals surface area (Å²) in [5.41, 5.74) is 0.231. The Hall–Kier alpha value is -0.910. The summed E-state index contributed by atoms with van der Waals surface area (Å²) < 4.78 is 9.43. The van der Waals surface area contributed by atoms with Gasteiger partial charge in [0.25, 0.3) is 0 Å². The fourth-order valence-electron chi connectivity index (χ4n) is 0.725. The van der Waals surface area contributed by atoms with Crippen LogP contribution in [0.25, 0.3) is 0 Å². The Kier molecular flexibility index (Phi) is 7.00. The van der Waals surface area contributed by atoms with Crippen LogP contribution in [0.15, 0.2) is 12.2 Å². The average molecular weight is 204 g/mol. The van der Waals surface area contributed by atoms with Crippen molar-refractivity contribution in [2.24, 2.45) is 0 Å². The molecule has 0 unspecified atom stereocenters. The summed E-state index contributed by atoms with van der Waals surface area (Å²) >= 11 is 0. The summed E-state index contributed by atoms with van der Waals surface area (Å²) in [6, 6.07) is 0. The van der Waals surface area contributed by atoms with Gasteiger partial charge in [-0.1, -0.05) is 6.58 Å². The third-order valence-corrected chi connectivity index (χ3v) is 1.51. The summed E-state index contributed by atoms with van der Waals surface area (Å²) in [7, 11) is 1.50. The smallest absolute Gasteiger partial charge is 0.333 e. The third-order valence-electron chi connectivity index (χ3n) is 1.51. The molecule has 5 nitrogen and oxygen atoms in total. The van der Waals surface area contributed by atoms with E-state index in [9.17, 15) is 4.79 Å². The lowest BCUT2D eigenvalue weighted by molar-refractivity contribution is -0.140. The van der Waals surface area contributed by atoms with E-state index in [1.807, 2.05) is 0 Å². The number of aliphatic hydroxyl groups is 2. The van der Waals surface area contributed by atoms with Gasteiger partial charge in [0.1, 0.15) is 6.61 Å². The fraction of sp³-hybridized carbons (Fsp3) is 0.667. The van der Waals surface area contributed by atoms with Gasteiger partial charge in [-0.2, -0.15) is 0 Å². The summed E-state index contributed by atoms with van der Waals surface area (Å²) in [5.74, 6) is -0.525. The first kappa shape index (κ1) is 13.1. The fourth-order valence-corrected chi connectivity index (χ4v) is 0.725. The number of esters is 1. The Labute approximate surface area is 82.9 Å². The van der Waals surface area contributed by atoms with Crippen molar-refractivity contribution < 1.29 is 24.5 Å². The molecule has 2 N–H and O–H groups in total. The van der Waals surface area contributed by atoms with Gasteiger partial charge in [-0.15, -0.1) is 0 Å². The molecule has 0 aliphatic rings. The molecule has 82 valence electrons. The van der Waals surface area contributed by atoms with Crippen LogP contribution in [-0.2, 0) is 14.3 Å². The van der Waals surface area contributed by atoms with Gasteiger partial charge in [0.15, 0.2) is 6.29 Å². The van der Waals surface area contributed by atoms with Crippen LogP contribution >= 0.6 is 0 Å². The van der Waals surface area contributed by atoms with Crippen molar-refractivity contribution in [3.05, 3.63) is 12.2 Å². The molecule has 0 radical (unpaired) electrons. The SMILES string of the molecule is C=C(CCC(O)O)C(=O)OCCOC. The van der Waals surface area contributed by atoms with Crippen LogP contribution in [0, 0.1) is 0 Å². The van der Waals surface area contributed by atoms with Gasteiger partial charge in [-0.05, 0) is 6.42 Å². The standard InChI is InChI=1S/C9H16O5/c1-7(3-4-8(10)11)9(12)14-6-5-13-2/h8,10-11H,1,3-6H2,2H3. The van der Waals surface area contributed by atoms with E-state index in [0.717, 1.165) is 0 Å². The minimum atomic E-state index is -1.42. The Morgan fingerprint density at radius 1 is 1.43 bits per heavy atom. The molecule has 0 heterocycles. The van der Waals surface area contributed by atoms with E-state index in [1.165, 1.54) is 7.11 Å². The van der Waals surface area contributed by atoms with Gasteiger partial charge in [0, 0.05) is 19.1 Å². The highest BCUT2D eigenvalue weighted by atomic mass is 16.6. The van der Waals surface area contributed by atoms with Gasteiger partial charge in [-0.3, -0.25) is 0 Å². The highest BCUT2D eigenvalue weighted by Crippen LogP contribution is 2.06. The molecule has 0 atom stereocenters. The van der Waals surface area contributed by atoms with Crippen molar-refractivity contribution >= 4 is 5.97 Å². The summed E-state index contributed by atoms with van der Waals surface area (Å²) in [5, 5.41) is 17.1. The Bertz CT molecular complexity index is 188. The van der Waals surface area contributed by atoms with E-state index in [0.29, 0.717) is 6.61 Å². The van der Waals surface area contributed by atoms with E-state index < -0.39 is 12.3 Å². The highest BCUT2D eigenvalue weighted by Gasteiger charge is 2.09. The summed E-state index contributed by atoms with van der Waals surface area (Å²) in [6.07, 6.45) is -1.12. The second-order valence-corrected chi connectivity index (χ2v) is 2.75. The lowest BCUT2D eigenvalue weighted by Crippen LogP contribution is -2.13. The third kappa shape index (κ3) is 6.59. The van der Waals surface area contributed by atoms with E-state index in [4.69, 9.17) is 14.9 Å². The molecule has 5 heteroatoms. The number of carbonyl (C=O) groups excluding carboxylic acids is 1. The normalized spacial score (nSPS) is 10.3. The molecule has 0 fully saturated rings. The van der Waals surface area contributed by atoms with Crippen LogP contribution in [0.4, 0.5) is 0 Å². The monoisotopic (exact) mass is 204 g/mol. The number of aliphatic hydroxyl groups excluding tert-OH is 1. The van der Waals surface area contributed by atoms with E-state index in [1.54, 1.807) is 0 Å². The summed E-state index contributed by atoms with van der Waals surface area (Å²) in [4.78, 5) is 11.1. The van der Waals surface area contributed by atoms with Crippen LogP contribution in [0.5, 0.6) is 0 Å². The van der Waals surface area contributed by atoms with Crippen molar-refractivity contribution in [2.75, 3.05) is 20.3 Å². The maximum atomic E-state index is 11.1. The molecule has 0 aliphatic carbocycles. The number of ether oxygens (including phenoxy) is 2. The Morgan fingerprint density at radius 3 is 2.57 bits per heavy atom. The Balaban J connectivity index is 3.60. The maximum Gasteiger partial charge on any atom is 0.333 e. The Morgan fingerprint density at radius 2 is 2.07 bits per heavy atom. The number of hydrogen-bond acceptors (Lipinski definition) is 5. The van der Waals surface area contributed by atoms with E-state index >= 15 is 0 Å². The minimum absolute atomic E-state index is 0.0816. The lowest BCUT2D eigenvalue weighted by atomic mass is 10.1. The van der Waals surface area contributed by atoms with E-state index in [2.05, 4.69) is 11.3 Å². The largest absolute Gasteiger partial charge is 0.460 e. The van der Waals surface area contributed by atoms with Crippen molar-refractivity contribution in [1.29, 1.82) is 0 Å². The van der Waals surface area contributed by atoms with Crippen LogP contribution in [0.2, 0.25) is 0 Å². The zero-order chi connectivity index (χ0) is 11.0. The van der Waals surface area contributed by atoms with Crippen molar-refractivity contribution in [1.82, 2.24) is 0 Å². The first-order valence-electron chi connectivity index (χ1n) is 4.28. The quantitative estimate of drug-likeness (QED) is 0.260. The molecule has 0 saturated heterocycles. The zero-order valence-corrected chi connectivity index (χ0v) is 8.23. The number of carbonyl (C=O) groups is 1. The lowest BCUT2D eigenvalue weighted by Gasteiger charge is -2.07. The first-order valence-corrected chi connectivity index (χ1v) is 4.28. The van der Waals surface area contributed by atoms with Crippen molar-refractivity contribution in [3.63, 3.8) is 0 Å². The number of hydrogen-bond donors (Lipinski definition) is 2. The van der Waals surface area contributed by atoms with Crippen molar-refractivity contribution in [3.8, 4) is 0 Å². The number of methoxy groups -OCH3 is 1. The maximum absolute atomic E-state index is 11.1. The molecule has 0 rings (SSSR count). The topological polar surface area (TPSA) is 76.0 Å². The second-order valence-electron chi connectivity index (χ2n) is 2.75. The molecule has 0 bridgehead atoms.